The van der Waals surface area contributed by atoms with Crippen LogP contribution in [0.15, 0.2) is 59.4 Å². The fourth-order valence-electron chi connectivity index (χ4n) is 3.56. The van der Waals surface area contributed by atoms with Gasteiger partial charge in [0.2, 0.25) is 5.52 Å². The highest BCUT2D eigenvalue weighted by atomic mass is 16.6. The maximum absolute atomic E-state index is 11.8. The molecule has 0 atom stereocenters. The summed E-state index contributed by atoms with van der Waals surface area (Å²) in [5.41, 5.74) is 3.50. The Morgan fingerprint density at radius 1 is 1.07 bits per heavy atom. The summed E-state index contributed by atoms with van der Waals surface area (Å²) >= 11 is 0. The molecule has 9 nitrogen and oxygen atoms in total. The smallest absolute Gasteiger partial charge is 0.324 e. The van der Waals surface area contributed by atoms with Crippen LogP contribution < -0.4 is 10.2 Å². The number of nitro groups is 1. The average molecular weight is 374 g/mol. The van der Waals surface area contributed by atoms with E-state index in [1.807, 2.05) is 18.2 Å². The third kappa shape index (κ3) is 2.52. The number of hydrogen-bond acceptors (Lipinski definition) is 8. The van der Waals surface area contributed by atoms with Gasteiger partial charge in [-0.25, -0.2) is 9.61 Å². The van der Waals surface area contributed by atoms with Crippen molar-refractivity contribution in [3.8, 4) is 0 Å². The standard InChI is InChI=1S/C19H14N6O3/c26-25(27)19-13(21-16-7-3-4-9-20-16)11-15(17-18(19)23-28-22-17)24-10-8-12-5-1-2-6-14(12)24/h1-7,9,11H,8,10H2,(H,20,21). The summed E-state index contributed by atoms with van der Waals surface area (Å²) in [5.74, 6) is 0.495. The van der Waals surface area contributed by atoms with E-state index < -0.39 is 4.92 Å². The molecule has 0 aliphatic carbocycles. The number of rotatable bonds is 4. The molecular weight excluding hydrogens is 360 g/mol. The second-order valence-corrected chi connectivity index (χ2v) is 6.38. The summed E-state index contributed by atoms with van der Waals surface area (Å²) < 4.78 is 4.87. The van der Waals surface area contributed by atoms with E-state index in [9.17, 15) is 10.1 Å². The first kappa shape index (κ1) is 16.2. The zero-order valence-electron chi connectivity index (χ0n) is 14.6. The Kier molecular flexibility index (Phi) is 3.64. The van der Waals surface area contributed by atoms with Crippen molar-refractivity contribution in [1.29, 1.82) is 0 Å². The molecule has 9 heteroatoms. The molecule has 4 aromatic rings. The van der Waals surface area contributed by atoms with Crippen LogP contribution in [0.2, 0.25) is 0 Å². The Hall–Kier alpha value is -4.01. The predicted octanol–water partition coefficient (Wildman–Crippen LogP) is 3.96. The largest absolute Gasteiger partial charge is 0.339 e. The number of nitrogens with one attached hydrogen (secondary N) is 1. The number of nitrogens with zero attached hydrogens (tertiary/aromatic N) is 5. The van der Waals surface area contributed by atoms with E-state index in [0.717, 1.165) is 18.7 Å². The lowest BCUT2D eigenvalue weighted by Crippen LogP contribution is -2.14. The average Bonchev–Trinajstić information content (AvgIpc) is 3.35. The van der Waals surface area contributed by atoms with Crippen LogP contribution in [-0.4, -0.2) is 26.8 Å². The number of para-hydroxylation sites is 1. The number of anilines is 4. The van der Waals surface area contributed by atoms with Crippen LogP contribution in [0.5, 0.6) is 0 Å². The molecule has 0 saturated heterocycles. The van der Waals surface area contributed by atoms with Gasteiger partial charge in [-0.2, -0.15) is 0 Å². The topological polar surface area (TPSA) is 110 Å². The molecule has 0 amide bonds. The summed E-state index contributed by atoms with van der Waals surface area (Å²) in [6, 6.07) is 15.1. The van der Waals surface area contributed by atoms with Gasteiger partial charge in [-0.1, -0.05) is 24.3 Å². The third-order valence-corrected chi connectivity index (χ3v) is 4.78. The van der Waals surface area contributed by atoms with E-state index in [1.165, 1.54) is 5.56 Å². The van der Waals surface area contributed by atoms with E-state index in [4.69, 9.17) is 4.63 Å². The number of aromatic nitrogens is 3. The van der Waals surface area contributed by atoms with Crippen molar-refractivity contribution < 1.29 is 9.55 Å². The summed E-state index contributed by atoms with van der Waals surface area (Å²) in [6.07, 6.45) is 2.49. The van der Waals surface area contributed by atoms with E-state index in [1.54, 1.807) is 30.5 Å². The number of nitro benzene ring substituents is 1. The van der Waals surface area contributed by atoms with Gasteiger partial charge >= 0.3 is 5.69 Å². The lowest BCUT2D eigenvalue weighted by Gasteiger charge is -2.20. The molecule has 138 valence electrons. The fraction of sp³-hybridized carbons (Fsp3) is 0.105. The maximum Gasteiger partial charge on any atom is 0.324 e. The van der Waals surface area contributed by atoms with Crippen LogP contribution in [0.3, 0.4) is 0 Å². The predicted molar refractivity (Wildman–Crippen MR) is 103 cm³/mol. The second-order valence-electron chi connectivity index (χ2n) is 6.38. The molecule has 0 fully saturated rings. The molecule has 0 bridgehead atoms. The minimum absolute atomic E-state index is 0.102. The highest BCUT2D eigenvalue weighted by molar-refractivity contribution is 6.02. The number of benzene rings is 2. The normalized spacial score (nSPS) is 12.9. The SMILES string of the molecule is O=[N+]([O-])c1c(Nc2ccccn2)cc(N2CCc3ccccc32)c2nonc12. The second kappa shape index (κ2) is 6.31. The van der Waals surface area contributed by atoms with Crippen molar-refractivity contribution in [2.24, 2.45) is 0 Å². The lowest BCUT2D eigenvalue weighted by atomic mass is 10.1. The van der Waals surface area contributed by atoms with Crippen molar-refractivity contribution >= 4 is 39.6 Å². The zero-order chi connectivity index (χ0) is 19.1. The minimum atomic E-state index is -0.487. The molecular formula is C19H14N6O3. The van der Waals surface area contributed by atoms with Crippen LogP contribution in [0.4, 0.5) is 28.6 Å². The lowest BCUT2D eigenvalue weighted by molar-refractivity contribution is -0.382. The number of fused-ring (bicyclic) bond motifs is 2. The maximum atomic E-state index is 11.8. The Balaban J connectivity index is 1.71. The summed E-state index contributed by atoms with van der Waals surface area (Å²) in [7, 11) is 0. The summed E-state index contributed by atoms with van der Waals surface area (Å²) in [4.78, 5) is 17.6. The van der Waals surface area contributed by atoms with Crippen LogP contribution in [0, 0.1) is 10.1 Å². The quantitative estimate of drug-likeness (QED) is 0.422. The molecule has 3 heterocycles. The van der Waals surface area contributed by atoms with E-state index in [0.29, 0.717) is 17.0 Å². The first-order valence-corrected chi connectivity index (χ1v) is 8.69. The zero-order valence-corrected chi connectivity index (χ0v) is 14.6. The van der Waals surface area contributed by atoms with Gasteiger partial charge in [0.15, 0.2) is 5.52 Å². The minimum Gasteiger partial charge on any atom is -0.339 e. The van der Waals surface area contributed by atoms with Gasteiger partial charge in [-0.3, -0.25) is 10.1 Å². The van der Waals surface area contributed by atoms with Crippen molar-refractivity contribution in [2.45, 2.75) is 6.42 Å². The monoisotopic (exact) mass is 374 g/mol. The Labute approximate surface area is 158 Å². The van der Waals surface area contributed by atoms with Gasteiger partial charge in [0.1, 0.15) is 11.5 Å². The Bertz CT molecular complexity index is 1190. The molecule has 0 radical (unpaired) electrons. The Morgan fingerprint density at radius 3 is 2.71 bits per heavy atom. The van der Waals surface area contributed by atoms with E-state index in [-0.39, 0.29) is 16.9 Å². The highest BCUT2D eigenvalue weighted by Crippen LogP contribution is 2.43. The fourth-order valence-corrected chi connectivity index (χ4v) is 3.56. The van der Waals surface area contributed by atoms with Crippen molar-refractivity contribution in [1.82, 2.24) is 15.3 Å². The molecule has 1 aliphatic heterocycles. The molecule has 2 aromatic carbocycles. The van der Waals surface area contributed by atoms with E-state index >= 15 is 0 Å². The van der Waals surface area contributed by atoms with Gasteiger partial charge in [-0.05, 0) is 46.6 Å². The Morgan fingerprint density at radius 2 is 1.89 bits per heavy atom. The first-order chi connectivity index (χ1) is 13.7. The molecule has 5 rings (SSSR count). The molecule has 2 aromatic heterocycles. The molecule has 0 unspecified atom stereocenters. The molecule has 1 N–H and O–H groups in total. The van der Waals surface area contributed by atoms with Gasteiger partial charge in [-0.15, -0.1) is 0 Å². The highest BCUT2D eigenvalue weighted by Gasteiger charge is 2.30. The van der Waals surface area contributed by atoms with Crippen molar-refractivity contribution in [2.75, 3.05) is 16.8 Å². The first-order valence-electron chi connectivity index (χ1n) is 8.69. The molecule has 28 heavy (non-hydrogen) atoms. The number of hydrogen-bond donors (Lipinski definition) is 1. The molecule has 0 spiro atoms. The van der Waals surface area contributed by atoms with Crippen LogP contribution >= 0.6 is 0 Å². The van der Waals surface area contributed by atoms with Crippen molar-refractivity contribution in [3.05, 3.63) is 70.4 Å². The van der Waals surface area contributed by atoms with Gasteiger partial charge < -0.3 is 10.2 Å². The van der Waals surface area contributed by atoms with Gasteiger partial charge in [0.25, 0.3) is 0 Å². The van der Waals surface area contributed by atoms with E-state index in [2.05, 4.69) is 31.6 Å². The summed E-state index contributed by atoms with van der Waals surface area (Å²) in [6.45, 7) is 0.738. The van der Waals surface area contributed by atoms with Gasteiger partial charge in [0, 0.05) is 18.4 Å². The van der Waals surface area contributed by atoms with Crippen LogP contribution in [0.1, 0.15) is 5.56 Å². The third-order valence-electron chi connectivity index (χ3n) is 4.78. The summed E-state index contributed by atoms with van der Waals surface area (Å²) in [5, 5.41) is 22.6. The van der Waals surface area contributed by atoms with Crippen LogP contribution in [-0.2, 0) is 6.42 Å². The van der Waals surface area contributed by atoms with Crippen molar-refractivity contribution in [3.63, 3.8) is 0 Å². The van der Waals surface area contributed by atoms with Crippen LogP contribution in [0.25, 0.3) is 11.0 Å². The van der Waals surface area contributed by atoms with Gasteiger partial charge in [0.05, 0.1) is 10.6 Å². The molecule has 0 saturated carbocycles. The molecule has 1 aliphatic rings. The number of pyridine rings is 1.